The Kier molecular flexibility index (Phi) is 9.75. The van der Waals surface area contributed by atoms with Crippen molar-refractivity contribution >= 4 is 10.4 Å². The van der Waals surface area contributed by atoms with Gasteiger partial charge in [0.2, 0.25) is 0 Å². The smallest absolute Gasteiger partial charge is 0.393 e. The monoisotopic (exact) mass is 648 g/mol. The van der Waals surface area contributed by atoms with Gasteiger partial charge in [-0.25, -0.2) is 4.18 Å². The Labute approximate surface area is 260 Å². The minimum Gasteiger partial charge on any atom is -0.393 e. The molecule has 0 aromatic rings. The molecule has 1 unspecified atom stereocenters. The van der Waals surface area contributed by atoms with Crippen molar-refractivity contribution < 1.29 is 57.3 Å². The fourth-order valence-corrected chi connectivity index (χ4v) is 10.7. The topological polar surface area (TPSA) is 203 Å². The van der Waals surface area contributed by atoms with Crippen molar-refractivity contribution in [2.24, 2.45) is 46.3 Å². The van der Waals surface area contributed by atoms with Gasteiger partial charge in [0.05, 0.1) is 37.1 Å². The van der Waals surface area contributed by atoms with Crippen LogP contribution in [0, 0.1) is 46.3 Å². The van der Waals surface area contributed by atoms with Crippen LogP contribution in [0.2, 0.25) is 0 Å². The molecule has 0 amide bonds. The van der Waals surface area contributed by atoms with Crippen molar-refractivity contribution in [3.63, 3.8) is 0 Å². The number of aliphatic hydroxyl groups is 6. The molecule has 4 aliphatic carbocycles. The SMILES string of the molecule is CC(/C=C/[C@@H](C)[C@H]1C[C@H](O)[C@@H]2[C@]1(C)CC[C@@H]1[C@@]3(C)CC[C@H](O[C@@H]4OC[C@@H](O)[C@H](O)[C@H]4O)C[C@@H]3[C@H](O)C[C@]12O)COS(=O)(=O)O. The minimum absolute atomic E-state index is 0.0226. The van der Waals surface area contributed by atoms with Gasteiger partial charge in [-0.3, -0.25) is 4.55 Å². The van der Waals surface area contributed by atoms with Crippen molar-refractivity contribution in [1.29, 1.82) is 0 Å². The van der Waals surface area contributed by atoms with E-state index >= 15 is 0 Å². The Morgan fingerprint density at radius 3 is 2.30 bits per heavy atom. The molecule has 44 heavy (non-hydrogen) atoms. The van der Waals surface area contributed by atoms with E-state index < -0.39 is 64.1 Å². The lowest BCUT2D eigenvalue weighted by Gasteiger charge is -2.66. The van der Waals surface area contributed by atoms with Crippen LogP contribution in [0.3, 0.4) is 0 Å². The van der Waals surface area contributed by atoms with Crippen molar-refractivity contribution in [2.45, 2.75) is 121 Å². The standard InChI is InChI=1S/C31H52O12S/c1-16(14-42-44(38,39)40)5-6-17(2)19-12-21(32)27-30(19,4)10-8-24-29(3)9-7-18(11-20(29)22(33)13-31(24,27)37)43-28-26(36)25(35)23(34)15-41-28/h5-6,16-28,32-37H,7-15H2,1-4H3,(H,38,39,40)/b6-5+/t16?,17-,18+,19-,20-,21+,22-,23-,24-,25+,26-,27-,28+,29+,30-,31+/m1/s1. The average molecular weight is 649 g/mol. The number of hydrogen-bond donors (Lipinski definition) is 7. The molecule has 0 aromatic heterocycles. The molecular weight excluding hydrogens is 596 g/mol. The quantitative estimate of drug-likeness (QED) is 0.113. The van der Waals surface area contributed by atoms with Crippen LogP contribution in [0.15, 0.2) is 12.2 Å². The maximum Gasteiger partial charge on any atom is 0.397 e. The highest BCUT2D eigenvalue weighted by molar-refractivity contribution is 7.80. The molecule has 0 bridgehead atoms. The van der Waals surface area contributed by atoms with E-state index in [1.807, 2.05) is 12.2 Å². The Morgan fingerprint density at radius 2 is 1.61 bits per heavy atom. The van der Waals surface area contributed by atoms with Crippen LogP contribution in [-0.2, 0) is 24.1 Å². The molecule has 5 aliphatic rings. The van der Waals surface area contributed by atoms with Gasteiger partial charge in [0.1, 0.15) is 18.3 Å². The second-order valence-electron chi connectivity index (χ2n) is 15.1. The fraction of sp³-hybridized carbons (Fsp3) is 0.935. The molecule has 0 aromatic carbocycles. The van der Waals surface area contributed by atoms with Gasteiger partial charge in [-0.2, -0.15) is 8.42 Å². The summed E-state index contributed by atoms with van der Waals surface area (Å²) in [4.78, 5) is 0. The molecule has 4 saturated carbocycles. The summed E-state index contributed by atoms with van der Waals surface area (Å²) in [6.07, 6.45) is 0.967. The summed E-state index contributed by atoms with van der Waals surface area (Å²) in [5.74, 6) is -0.906. The number of fused-ring (bicyclic) bond motifs is 5. The number of aliphatic hydroxyl groups excluding tert-OH is 5. The van der Waals surface area contributed by atoms with E-state index in [0.29, 0.717) is 25.7 Å². The molecule has 16 atom stereocenters. The summed E-state index contributed by atoms with van der Waals surface area (Å²) >= 11 is 0. The van der Waals surface area contributed by atoms with Crippen molar-refractivity contribution in [3.8, 4) is 0 Å². The number of allylic oxidation sites excluding steroid dienone is 1. The zero-order chi connectivity index (χ0) is 32.4. The lowest BCUT2D eigenvalue weighted by atomic mass is 9.42. The van der Waals surface area contributed by atoms with Crippen LogP contribution in [-0.4, -0.2) is 105 Å². The number of hydrogen-bond acceptors (Lipinski definition) is 11. The van der Waals surface area contributed by atoms with E-state index in [1.165, 1.54) is 0 Å². The highest BCUT2D eigenvalue weighted by Crippen LogP contribution is 2.69. The zero-order valence-electron chi connectivity index (χ0n) is 26.1. The van der Waals surface area contributed by atoms with E-state index in [-0.39, 0.29) is 60.7 Å². The third kappa shape index (κ3) is 6.16. The van der Waals surface area contributed by atoms with Gasteiger partial charge in [-0.05, 0) is 78.9 Å². The summed E-state index contributed by atoms with van der Waals surface area (Å²) in [5.41, 5.74) is -2.05. The third-order valence-corrected chi connectivity index (χ3v) is 12.8. The van der Waals surface area contributed by atoms with Gasteiger partial charge in [-0.15, -0.1) is 0 Å². The first-order valence-corrected chi connectivity index (χ1v) is 17.5. The lowest BCUT2D eigenvalue weighted by molar-refractivity contribution is -0.300. The zero-order valence-corrected chi connectivity index (χ0v) is 26.9. The molecule has 5 rings (SSSR count). The Bertz CT molecular complexity index is 1170. The van der Waals surface area contributed by atoms with Crippen LogP contribution in [0.25, 0.3) is 0 Å². The van der Waals surface area contributed by atoms with E-state index in [4.69, 9.17) is 14.0 Å². The minimum atomic E-state index is -4.51. The van der Waals surface area contributed by atoms with E-state index in [2.05, 4.69) is 25.0 Å². The summed E-state index contributed by atoms with van der Waals surface area (Å²) in [5, 5.41) is 65.9. The van der Waals surface area contributed by atoms with E-state index in [0.717, 1.165) is 12.8 Å². The van der Waals surface area contributed by atoms with Crippen molar-refractivity contribution in [2.75, 3.05) is 13.2 Å². The first-order valence-electron chi connectivity index (χ1n) is 16.1. The highest BCUT2D eigenvalue weighted by Gasteiger charge is 2.70. The van der Waals surface area contributed by atoms with E-state index in [9.17, 15) is 39.1 Å². The van der Waals surface area contributed by atoms with Gasteiger partial charge in [0.25, 0.3) is 0 Å². The molecule has 1 aliphatic heterocycles. The predicted octanol–water partition coefficient (Wildman–Crippen LogP) is 1.17. The molecule has 0 radical (unpaired) electrons. The summed E-state index contributed by atoms with van der Waals surface area (Å²) in [7, 11) is -4.51. The summed E-state index contributed by atoms with van der Waals surface area (Å²) in [6.45, 7) is 7.81. The Hall–Kier alpha value is -0.710. The van der Waals surface area contributed by atoms with Crippen LogP contribution in [0.4, 0.5) is 0 Å². The molecule has 254 valence electrons. The second-order valence-corrected chi connectivity index (χ2v) is 16.2. The average Bonchev–Trinajstić information content (AvgIpc) is 3.22. The Morgan fingerprint density at radius 1 is 0.932 bits per heavy atom. The van der Waals surface area contributed by atoms with Crippen LogP contribution in [0.5, 0.6) is 0 Å². The van der Waals surface area contributed by atoms with Crippen molar-refractivity contribution in [1.82, 2.24) is 0 Å². The van der Waals surface area contributed by atoms with Crippen LogP contribution < -0.4 is 0 Å². The van der Waals surface area contributed by atoms with Crippen molar-refractivity contribution in [3.05, 3.63) is 12.2 Å². The van der Waals surface area contributed by atoms with Gasteiger partial charge in [0, 0.05) is 12.3 Å². The summed E-state index contributed by atoms with van der Waals surface area (Å²) < 4.78 is 46.8. The molecule has 1 saturated heterocycles. The molecule has 1 heterocycles. The first kappa shape index (κ1) is 34.6. The maximum absolute atomic E-state index is 12.6. The van der Waals surface area contributed by atoms with Crippen LogP contribution in [0.1, 0.15) is 72.6 Å². The van der Waals surface area contributed by atoms with Gasteiger partial charge < -0.3 is 40.1 Å². The van der Waals surface area contributed by atoms with Crippen LogP contribution >= 0.6 is 0 Å². The number of rotatable bonds is 8. The third-order valence-electron chi connectivity index (χ3n) is 12.4. The Balaban J connectivity index is 1.29. The normalized spacial score (nSPS) is 50.9. The largest absolute Gasteiger partial charge is 0.397 e. The second kappa shape index (κ2) is 12.4. The molecular formula is C31H52O12S. The lowest BCUT2D eigenvalue weighted by Crippen LogP contribution is -2.68. The fourth-order valence-electron chi connectivity index (χ4n) is 10.3. The number of ether oxygens (including phenoxy) is 2. The molecule has 7 N–H and O–H groups in total. The maximum atomic E-state index is 12.6. The van der Waals surface area contributed by atoms with Gasteiger partial charge in [-0.1, -0.05) is 39.8 Å². The highest BCUT2D eigenvalue weighted by atomic mass is 32.3. The van der Waals surface area contributed by atoms with Gasteiger partial charge in [0.15, 0.2) is 6.29 Å². The molecule has 0 spiro atoms. The molecule has 5 fully saturated rings. The summed E-state index contributed by atoms with van der Waals surface area (Å²) in [6, 6.07) is 0. The van der Waals surface area contributed by atoms with Gasteiger partial charge >= 0.3 is 10.4 Å². The molecule has 13 heteroatoms. The van der Waals surface area contributed by atoms with E-state index in [1.54, 1.807) is 6.92 Å². The molecule has 12 nitrogen and oxygen atoms in total. The predicted molar refractivity (Wildman–Crippen MR) is 157 cm³/mol. The first-order chi connectivity index (χ1) is 20.4.